The largest absolute Gasteiger partial charge is 0.493 e. The zero-order valence-electron chi connectivity index (χ0n) is 10.8. The van der Waals surface area contributed by atoms with Gasteiger partial charge in [0, 0.05) is 25.6 Å². The average Bonchev–Trinajstić information content (AvgIpc) is 2.83. The topological polar surface area (TPSA) is 70.6 Å². The number of benzene rings is 1. The first kappa shape index (κ1) is 13.8. The van der Waals surface area contributed by atoms with Crippen molar-refractivity contribution in [3.63, 3.8) is 0 Å². The van der Waals surface area contributed by atoms with Crippen LogP contribution < -0.4 is 15.4 Å². The fourth-order valence-corrected chi connectivity index (χ4v) is 2.04. The molecule has 1 aromatic carbocycles. The molecule has 2 rings (SSSR count). The minimum absolute atomic E-state index is 0.0463. The predicted molar refractivity (Wildman–Crippen MR) is 71.9 cm³/mol. The molecule has 104 valence electrons. The van der Waals surface area contributed by atoms with Crippen LogP contribution in [0.2, 0.25) is 0 Å². The summed E-state index contributed by atoms with van der Waals surface area (Å²) in [5, 5.41) is 15.5. The first-order valence-electron chi connectivity index (χ1n) is 6.59. The Morgan fingerprint density at radius 2 is 2.16 bits per heavy atom. The second kappa shape index (κ2) is 7.11. The second-order valence-corrected chi connectivity index (χ2v) is 4.70. The second-order valence-electron chi connectivity index (χ2n) is 4.70. The summed E-state index contributed by atoms with van der Waals surface area (Å²) in [5.74, 6) is 0.833. The van der Waals surface area contributed by atoms with Crippen LogP contribution in [0, 0.1) is 5.92 Å². The highest BCUT2D eigenvalue weighted by Gasteiger charge is 2.24. The van der Waals surface area contributed by atoms with E-state index in [0.717, 1.165) is 12.3 Å². The third-order valence-corrected chi connectivity index (χ3v) is 3.21. The zero-order chi connectivity index (χ0) is 13.5. The van der Waals surface area contributed by atoms with Crippen LogP contribution >= 0.6 is 0 Å². The highest BCUT2D eigenvalue weighted by atomic mass is 16.5. The monoisotopic (exact) mass is 264 g/mol. The van der Waals surface area contributed by atoms with Gasteiger partial charge in [0.25, 0.3) is 0 Å². The third-order valence-electron chi connectivity index (χ3n) is 3.21. The van der Waals surface area contributed by atoms with E-state index < -0.39 is 0 Å². The molecule has 1 aliphatic heterocycles. The van der Waals surface area contributed by atoms with E-state index in [-0.39, 0.29) is 17.9 Å². The lowest BCUT2D eigenvalue weighted by Crippen LogP contribution is -2.34. The van der Waals surface area contributed by atoms with Gasteiger partial charge in [-0.25, -0.2) is 0 Å². The molecule has 5 nitrogen and oxygen atoms in total. The van der Waals surface area contributed by atoms with Crippen molar-refractivity contribution in [2.45, 2.75) is 12.5 Å². The van der Waals surface area contributed by atoms with Crippen LogP contribution in [0.1, 0.15) is 6.42 Å². The van der Waals surface area contributed by atoms with E-state index in [2.05, 4.69) is 10.6 Å². The minimum Gasteiger partial charge on any atom is -0.493 e. The van der Waals surface area contributed by atoms with Crippen molar-refractivity contribution in [3.05, 3.63) is 30.3 Å². The van der Waals surface area contributed by atoms with Crippen molar-refractivity contribution in [3.8, 4) is 5.75 Å². The maximum Gasteiger partial charge on any atom is 0.223 e. The quantitative estimate of drug-likeness (QED) is 0.684. The molecule has 0 bridgehead atoms. The SMILES string of the molecule is O=C(CCOc1ccccc1)NCC1CNCC1O. The van der Waals surface area contributed by atoms with Gasteiger partial charge >= 0.3 is 0 Å². The molecule has 1 amide bonds. The maximum atomic E-state index is 11.6. The number of aliphatic hydroxyl groups is 1. The number of rotatable bonds is 6. The Hall–Kier alpha value is -1.59. The molecule has 0 aromatic heterocycles. The number of amides is 1. The molecule has 2 atom stereocenters. The molecule has 0 radical (unpaired) electrons. The molecular formula is C14H20N2O3. The van der Waals surface area contributed by atoms with Gasteiger partial charge in [0.05, 0.1) is 19.1 Å². The molecule has 1 heterocycles. The fourth-order valence-electron chi connectivity index (χ4n) is 2.04. The summed E-state index contributed by atoms with van der Waals surface area (Å²) < 4.78 is 5.45. The Labute approximate surface area is 113 Å². The van der Waals surface area contributed by atoms with Crippen molar-refractivity contribution in [1.82, 2.24) is 10.6 Å². The van der Waals surface area contributed by atoms with Gasteiger partial charge in [-0.05, 0) is 12.1 Å². The molecule has 0 saturated carbocycles. The standard InChI is InChI=1S/C14H20N2O3/c17-13-10-15-8-11(13)9-16-14(18)6-7-19-12-4-2-1-3-5-12/h1-5,11,13,15,17H,6-10H2,(H,16,18). The Bertz CT molecular complexity index is 397. The Morgan fingerprint density at radius 3 is 2.84 bits per heavy atom. The summed E-state index contributed by atoms with van der Waals surface area (Å²) in [6.45, 7) is 2.24. The van der Waals surface area contributed by atoms with E-state index in [4.69, 9.17) is 4.74 Å². The van der Waals surface area contributed by atoms with Crippen LogP contribution in [0.5, 0.6) is 5.75 Å². The Kier molecular flexibility index (Phi) is 5.18. The first-order chi connectivity index (χ1) is 9.25. The fraction of sp³-hybridized carbons (Fsp3) is 0.500. The molecule has 1 fully saturated rings. The Balaban J connectivity index is 1.59. The van der Waals surface area contributed by atoms with Crippen molar-refractivity contribution in [1.29, 1.82) is 0 Å². The highest BCUT2D eigenvalue weighted by molar-refractivity contribution is 5.76. The number of carbonyl (C=O) groups excluding carboxylic acids is 1. The van der Waals surface area contributed by atoms with Gasteiger partial charge in [-0.2, -0.15) is 0 Å². The molecule has 0 spiro atoms. The number of nitrogens with one attached hydrogen (secondary N) is 2. The Morgan fingerprint density at radius 1 is 1.37 bits per heavy atom. The van der Waals surface area contributed by atoms with E-state index >= 15 is 0 Å². The lowest BCUT2D eigenvalue weighted by molar-refractivity contribution is -0.121. The van der Waals surface area contributed by atoms with Crippen LogP contribution in [-0.2, 0) is 4.79 Å². The van der Waals surface area contributed by atoms with Gasteiger partial charge in [0.2, 0.25) is 5.91 Å². The molecule has 1 aromatic rings. The molecular weight excluding hydrogens is 244 g/mol. The van der Waals surface area contributed by atoms with Crippen molar-refractivity contribution >= 4 is 5.91 Å². The summed E-state index contributed by atoms with van der Waals surface area (Å²) in [6, 6.07) is 9.42. The summed E-state index contributed by atoms with van der Waals surface area (Å²) in [4.78, 5) is 11.6. The van der Waals surface area contributed by atoms with Crippen molar-refractivity contribution < 1.29 is 14.6 Å². The lowest BCUT2D eigenvalue weighted by atomic mass is 10.1. The molecule has 0 aliphatic carbocycles. The van der Waals surface area contributed by atoms with Crippen molar-refractivity contribution in [2.75, 3.05) is 26.2 Å². The number of hydrogen-bond donors (Lipinski definition) is 3. The number of β-amino-alcohol motifs (C(OH)–C–C–N with tert-alkyl or cyclic N) is 1. The number of para-hydroxylation sites is 1. The van der Waals surface area contributed by atoms with Crippen LogP contribution in [0.3, 0.4) is 0 Å². The van der Waals surface area contributed by atoms with Gasteiger partial charge in [-0.15, -0.1) is 0 Å². The lowest BCUT2D eigenvalue weighted by Gasteiger charge is -2.14. The summed E-state index contributed by atoms with van der Waals surface area (Å²) in [6.07, 6.45) is -0.0358. The van der Waals surface area contributed by atoms with Crippen LogP contribution in [0.25, 0.3) is 0 Å². The van der Waals surface area contributed by atoms with Gasteiger partial charge < -0.3 is 20.5 Å². The van der Waals surface area contributed by atoms with Gasteiger partial charge in [-0.1, -0.05) is 18.2 Å². The van der Waals surface area contributed by atoms with Crippen LogP contribution in [0.15, 0.2) is 30.3 Å². The van der Waals surface area contributed by atoms with Crippen molar-refractivity contribution in [2.24, 2.45) is 5.92 Å². The smallest absolute Gasteiger partial charge is 0.223 e. The molecule has 5 heteroatoms. The number of hydrogen-bond acceptors (Lipinski definition) is 4. The van der Waals surface area contributed by atoms with Gasteiger partial charge in [0.1, 0.15) is 5.75 Å². The summed E-state index contributed by atoms with van der Waals surface area (Å²) in [7, 11) is 0. The predicted octanol–water partition coefficient (Wildman–Crippen LogP) is 0.152. The highest BCUT2D eigenvalue weighted by Crippen LogP contribution is 2.09. The van der Waals surface area contributed by atoms with Crippen LogP contribution in [0.4, 0.5) is 0 Å². The van der Waals surface area contributed by atoms with E-state index in [0.29, 0.717) is 26.1 Å². The van der Waals surface area contributed by atoms with Gasteiger partial charge in [0.15, 0.2) is 0 Å². The molecule has 19 heavy (non-hydrogen) atoms. The maximum absolute atomic E-state index is 11.6. The van der Waals surface area contributed by atoms with E-state index in [1.807, 2.05) is 30.3 Å². The summed E-state index contributed by atoms with van der Waals surface area (Å²) >= 11 is 0. The zero-order valence-corrected chi connectivity index (χ0v) is 10.8. The summed E-state index contributed by atoms with van der Waals surface area (Å²) in [5.41, 5.74) is 0. The molecule has 1 aliphatic rings. The van der Waals surface area contributed by atoms with E-state index in [1.165, 1.54) is 0 Å². The van der Waals surface area contributed by atoms with E-state index in [1.54, 1.807) is 0 Å². The average molecular weight is 264 g/mol. The molecule has 2 unspecified atom stereocenters. The number of aliphatic hydroxyl groups excluding tert-OH is 1. The van der Waals surface area contributed by atoms with Gasteiger partial charge in [-0.3, -0.25) is 4.79 Å². The van der Waals surface area contributed by atoms with Crippen LogP contribution in [-0.4, -0.2) is 43.4 Å². The molecule has 3 N–H and O–H groups in total. The molecule has 1 saturated heterocycles. The number of carbonyl (C=O) groups is 1. The minimum atomic E-state index is -0.360. The normalized spacial score (nSPS) is 22.2. The third kappa shape index (κ3) is 4.54. The number of ether oxygens (including phenoxy) is 1. The van der Waals surface area contributed by atoms with E-state index in [9.17, 15) is 9.90 Å². The first-order valence-corrected chi connectivity index (χ1v) is 6.59.